The van der Waals surface area contributed by atoms with Gasteiger partial charge in [0.25, 0.3) is 0 Å². The molecule has 0 aliphatic carbocycles. The van der Waals surface area contributed by atoms with Crippen molar-refractivity contribution < 1.29 is 9.47 Å². The molecule has 0 spiro atoms. The molecule has 1 rings (SSSR count). The third-order valence-corrected chi connectivity index (χ3v) is 3.56. The Labute approximate surface area is 129 Å². The summed E-state index contributed by atoms with van der Waals surface area (Å²) in [7, 11) is 1.72. The predicted octanol–water partition coefficient (Wildman–Crippen LogP) is 2.17. The topological polar surface area (TPSA) is 48.3 Å². The van der Waals surface area contributed by atoms with E-state index < -0.39 is 0 Å². The van der Waals surface area contributed by atoms with Crippen LogP contribution in [0.1, 0.15) is 44.1 Å². The van der Waals surface area contributed by atoms with Gasteiger partial charge in [-0.2, -0.15) is 5.10 Å². The number of nitrogens with zero attached hydrogens (tertiary/aromatic N) is 2. The number of nitrogens with one attached hydrogen (secondary N) is 1. The second-order valence-electron chi connectivity index (χ2n) is 5.04. The Morgan fingerprint density at radius 1 is 1.10 bits per heavy atom. The zero-order valence-corrected chi connectivity index (χ0v) is 14.1. The van der Waals surface area contributed by atoms with Crippen LogP contribution in [0, 0.1) is 0 Å². The third-order valence-electron chi connectivity index (χ3n) is 3.56. The minimum absolute atomic E-state index is 0.711. The molecule has 0 fully saturated rings. The molecule has 0 aliphatic rings. The summed E-state index contributed by atoms with van der Waals surface area (Å²) in [6.07, 6.45) is 2.94. The molecule has 1 aromatic rings. The molecule has 5 nitrogen and oxygen atoms in total. The molecule has 0 atom stereocenters. The molecule has 0 bridgehead atoms. The van der Waals surface area contributed by atoms with Gasteiger partial charge in [-0.15, -0.1) is 0 Å². The van der Waals surface area contributed by atoms with E-state index in [4.69, 9.17) is 14.6 Å². The van der Waals surface area contributed by atoms with Crippen molar-refractivity contribution in [2.24, 2.45) is 0 Å². The Morgan fingerprint density at radius 3 is 2.52 bits per heavy atom. The average molecular weight is 297 g/mol. The van der Waals surface area contributed by atoms with E-state index in [1.54, 1.807) is 7.11 Å². The number of hydrogen-bond acceptors (Lipinski definition) is 4. The molecular formula is C16H31N3O2. The molecule has 0 amide bonds. The molecule has 0 saturated carbocycles. The van der Waals surface area contributed by atoms with Crippen molar-refractivity contribution >= 4 is 0 Å². The Kier molecular flexibility index (Phi) is 9.30. The van der Waals surface area contributed by atoms with Crippen molar-refractivity contribution in [2.75, 3.05) is 33.5 Å². The fourth-order valence-electron chi connectivity index (χ4n) is 2.47. The number of methoxy groups -OCH3 is 1. The quantitative estimate of drug-likeness (QED) is 0.601. The summed E-state index contributed by atoms with van der Waals surface area (Å²) >= 11 is 0. The highest BCUT2D eigenvalue weighted by atomic mass is 16.5. The van der Waals surface area contributed by atoms with Crippen molar-refractivity contribution in [1.82, 2.24) is 15.1 Å². The lowest BCUT2D eigenvalue weighted by Gasteiger charge is -2.09. The van der Waals surface area contributed by atoms with Gasteiger partial charge in [0.05, 0.1) is 18.8 Å². The molecular weight excluding hydrogens is 266 g/mol. The van der Waals surface area contributed by atoms with Gasteiger partial charge in [0.15, 0.2) is 0 Å². The molecule has 1 aromatic heterocycles. The maximum Gasteiger partial charge on any atom is 0.0669 e. The molecule has 1 N–H and O–H groups in total. The fourth-order valence-corrected chi connectivity index (χ4v) is 2.47. The molecule has 0 aliphatic heterocycles. The van der Waals surface area contributed by atoms with E-state index >= 15 is 0 Å². The van der Waals surface area contributed by atoms with Gasteiger partial charge in [-0.3, -0.25) is 4.68 Å². The van der Waals surface area contributed by atoms with Crippen LogP contribution in [-0.4, -0.2) is 43.3 Å². The summed E-state index contributed by atoms with van der Waals surface area (Å²) in [6.45, 7) is 11.4. The zero-order valence-electron chi connectivity index (χ0n) is 14.1. The van der Waals surface area contributed by atoms with E-state index in [9.17, 15) is 0 Å². The summed E-state index contributed by atoms with van der Waals surface area (Å²) in [5.74, 6) is 0. The summed E-state index contributed by atoms with van der Waals surface area (Å²) in [6, 6.07) is 0. The van der Waals surface area contributed by atoms with Crippen LogP contribution in [0.3, 0.4) is 0 Å². The van der Waals surface area contributed by atoms with Gasteiger partial charge in [0.1, 0.15) is 0 Å². The van der Waals surface area contributed by atoms with Crippen LogP contribution in [0.2, 0.25) is 0 Å². The van der Waals surface area contributed by atoms with Gasteiger partial charge >= 0.3 is 0 Å². The maximum atomic E-state index is 5.65. The summed E-state index contributed by atoms with van der Waals surface area (Å²) in [4.78, 5) is 0. The summed E-state index contributed by atoms with van der Waals surface area (Å²) < 4.78 is 12.8. The molecule has 0 aromatic carbocycles. The van der Waals surface area contributed by atoms with Crippen LogP contribution in [0.15, 0.2) is 0 Å². The molecule has 5 heteroatoms. The van der Waals surface area contributed by atoms with Crippen LogP contribution in [0.5, 0.6) is 0 Å². The monoisotopic (exact) mass is 297 g/mol. The second-order valence-corrected chi connectivity index (χ2v) is 5.04. The summed E-state index contributed by atoms with van der Waals surface area (Å²) in [5, 5.41) is 8.18. The number of rotatable bonds is 12. The predicted molar refractivity (Wildman–Crippen MR) is 85.7 cm³/mol. The third kappa shape index (κ3) is 5.77. The van der Waals surface area contributed by atoms with Gasteiger partial charge in [-0.05, 0) is 25.8 Å². The Bertz CT molecular complexity index is 391. The maximum absolute atomic E-state index is 5.65. The minimum Gasteiger partial charge on any atom is -0.385 e. The average Bonchev–Trinajstić information content (AvgIpc) is 2.85. The van der Waals surface area contributed by atoms with E-state index in [0.717, 1.165) is 52.1 Å². The van der Waals surface area contributed by atoms with Crippen molar-refractivity contribution in [3.05, 3.63) is 17.0 Å². The fraction of sp³-hybridized carbons (Fsp3) is 0.812. The van der Waals surface area contributed by atoms with E-state index in [1.807, 2.05) is 0 Å². The largest absolute Gasteiger partial charge is 0.385 e. The van der Waals surface area contributed by atoms with Crippen molar-refractivity contribution in [3.8, 4) is 0 Å². The van der Waals surface area contributed by atoms with Gasteiger partial charge in [-0.1, -0.05) is 20.8 Å². The highest BCUT2D eigenvalue weighted by Gasteiger charge is 2.14. The number of aromatic nitrogens is 2. The van der Waals surface area contributed by atoms with Crippen LogP contribution < -0.4 is 5.32 Å². The number of ether oxygens (including phenoxy) is 2. The molecule has 122 valence electrons. The minimum atomic E-state index is 0.711. The highest BCUT2D eigenvalue weighted by Crippen LogP contribution is 2.16. The first-order valence-electron chi connectivity index (χ1n) is 8.13. The van der Waals surface area contributed by atoms with Gasteiger partial charge in [0, 0.05) is 38.1 Å². The van der Waals surface area contributed by atoms with E-state index in [2.05, 4.69) is 30.8 Å². The van der Waals surface area contributed by atoms with Gasteiger partial charge < -0.3 is 14.8 Å². The smallest absolute Gasteiger partial charge is 0.0669 e. The zero-order chi connectivity index (χ0) is 15.5. The molecule has 0 unspecified atom stereocenters. The number of aryl methyl sites for hydroxylation is 1. The normalized spacial score (nSPS) is 11.2. The van der Waals surface area contributed by atoms with Crippen molar-refractivity contribution in [2.45, 2.75) is 53.1 Å². The van der Waals surface area contributed by atoms with Crippen molar-refractivity contribution in [1.29, 1.82) is 0 Å². The standard InChI is InChI=1S/C16H31N3O2/c1-5-15-14(13-17-7-3)16(6-2)19(18-15)9-12-21-11-8-10-20-4/h17H,5-13H2,1-4H3. The first-order valence-corrected chi connectivity index (χ1v) is 8.13. The highest BCUT2D eigenvalue weighted by molar-refractivity contribution is 5.26. The van der Waals surface area contributed by atoms with Crippen LogP contribution in [0.4, 0.5) is 0 Å². The van der Waals surface area contributed by atoms with Crippen LogP contribution in [0.25, 0.3) is 0 Å². The Hall–Kier alpha value is -0.910. The first kappa shape index (κ1) is 18.1. The summed E-state index contributed by atoms with van der Waals surface area (Å²) in [5.41, 5.74) is 3.93. The van der Waals surface area contributed by atoms with E-state index in [-0.39, 0.29) is 0 Å². The number of hydrogen-bond donors (Lipinski definition) is 1. The van der Waals surface area contributed by atoms with E-state index in [1.165, 1.54) is 17.0 Å². The first-order chi connectivity index (χ1) is 10.3. The van der Waals surface area contributed by atoms with Gasteiger partial charge in [0.2, 0.25) is 0 Å². The van der Waals surface area contributed by atoms with E-state index in [0.29, 0.717) is 6.61 Å². The van der Waals surface area contributed by atoms with Crippen LogP contribution >= 0.6 is 0 Å². The molecule has 0 saturated heterocycles. The van der Waals surface area contributed by atoms with Crippen LogP contribution in [-0.2, 0) is 35.4 Å². The van der Waals surface area contributed by atoms with Crippen molar-refractivity contribution in [3.63, 3.8) is 0 Å². The SMILES string of the molecule is CCNCc1c(CC)nn(CCOCCCOC)c1CC. The molecule has 21 heavy (non-hydrogen) atoms. The lowest BCUT2D eigenvalue weighted by atomic mass is 10.1. The lowest BCUT2D eigenvalue weighted by molar-refractivity contribution is 0.0956. The second kappa shape index (κ2) is 10.8. The molecule has 1 heterocycles. The van der Waals surface area contributed by atoms with Gasteiger partial charge in [-0.25, -0.2) is 0 Å². The molecule has 0 radical (unpaired) electrons. The Balaban J connectivity index is 2.58. The lowest BCUT2D eigenvalue weighted by Crippen LogP contribution is -2.15. The Morgan fingerprint density at radius 2 is 1.90 bits per heavy atom.